The Hall–Kier alpha value is -4.36. The number of aromatic nitrogens is 3. The van der Waals surface area contributed by atoms with Crippen molar-refractivity contribution in [3.05, 3.63) is 102 Å². The molecule has 186 valence electrons. The number of hydrogen-bond donors (Lipinski definition) is 1. The van der Waals surface area contributed by atoms with Crippen molar-refractivity contribution in [2.45, 2.75) is 19.3 Å². The van der Waals surface area contributed by atoms with E-state index in [1.807, 2.05) is 90.6 Å². The number of benzene rings is 3. The Morgan fingerprint density at radius 2 is 1.49 bits per heavy atom. The third-order valence-corrected chi connectivity index (χ3v) is 6.58. The number of aryl methyl sites for hydroxylation is 1. The van der Waals surface area contributed by atoms with Crippen LogP contribution in [0.4, 0.5) is 5.69 Å². The average molecular weight is 493 g/mol. The molecule has 1 aliphatic rings. The van der Waals surface area contributed by atoms with E-state index in [0.29, 0.717) is 38.1 Å². The van der Waals surface area contributed by atoms with Gasteiger partial charge in [-0.2, -0.15) is 10.1 Å². The molecular weight excluding hydrogens is 464 g/mol. The van der Waals surface area contributed by atoms with E-state index in [1.165, 1.54) is 0 Å². The summed E-state index contributed by atoms with van der Waals surface area (Å²) in [7, 11) is 1.95. The van der Waals surface area contributed by atoms with Crippen molar-refractivity contribution >= 4 is 16.6 Å². The lowest BCUT2D eigenvalue weighted by atomic mass is 10.1. The molecule has 7 heteroatoms. The number of fused-ring (bicyclic) bond motifs is 1. The smallest absolute Gasteiger partial charge is 0.226 e. The van der Waals surface area contributed by atoms with Crippen molar-refractivity contribution in [2.75, 3.05) is 18.0 Å². The Bertz CT molecular complexity index is 1510. The predicted molar refractivity (Wildman–Crippen MR) is 144 cm³/mol. The number of para-hydroxylation sites is 1. The maximum Gasteiger partial charge on any atom is 0.226 e. The summed E-state index contributed by atoms with van der Waals surface area (Å²) in [5, 5.41) is 15.7. The van der Waals surface area contributed by atoms with Crippen LogP contribution in [0.1, 0.15) is 11.1 Å². The van der Waals surface area contributed by atoms with Gasteiger partial charge in [-0.15, -0.1) is 0 Å². The lowest BCUT2D eigenvalue weighted by Crippen LogP contribution is -2.51. The van der Waals surface area contributed by atoms with Crippen molar-refractivity contribution in [2.24, 2.45) is 7.05 Å². The number of hydrogen-bond acceptors (Lipinski definition) is 6. The number of pyridine rings is 1. The van der Waals surface area contributed by atoms with E-state index in [0.717, 1.165) is 39.0 Å². The van der Waals surface area contributed by atoms with Gasteiger partial charge in [0.15, 0.2) is 0 Å². The lowest BCUT2D eigenvalue weighted by molar-refractivity contribution is 0.142. The second-order valence-electron chi connectivity index (χ2n) is 9.26. The molecule has 2 aromatic heterocycles. The van der Waals surface area contributed by atoms with Crippen molar-refractivity contribution in [1.29, 1.82) is 0 Å². The van der Waals surface area contributed by atoms with Crippen molar-refractivity contribution in [3.8, 4) is 23.0 Å². The van der Waals surface area contributed by atoms with Crippen LogP contribution in [-0.4, -0.2) is 39.1 Å². The number of nitrogens with zero attached hydrogens (tertiary/aromatic N) is 4. The van der Waals surface area contributed by atoms with Gasteiger partial charge in [0.05, 0.1) is 22.9 Å². The fourth-order valence-electron chi connectivity index (χ4n) is 4.67. The molecule has 1 N–H and O–H groups in total. The van der Waals surface area contributed by atoms with Gasteiger partial charge >= 0.3 is 0 Å². The summed E-state index contributed by atoms with van der Waals surface area (Å²) >= 11 is 0. The van der Waals surface area contributed by atoms with Gasteiger partial charge in [-0.3, -0.25) is 4.68 Å². The first-order valence-electron chi connectivity index (χ1n) is 12.4. The fourth-order valence-corrected chi connectivity index (χ4v) is 4.67. The summed E-state index contributed by atoms with van der Waals surface area (Å²) < 4.78 is 14.2. The zero-order chi connectivity index (χ0) is 25.2. The molecule has 1 fully saturated rings. The van der Waals surface area contributed by atoms with Gasteiger partial charge in [0.2, 0.25) is 11.8 Å². The number of β-amino-alcohol motifs (C(OH)–C–C–N with tert-alkyl or cyclic N) is 1. The number of anilines is 1. The SMILES string of the molecule is Cn1nc(-c2ccc(OCc3ccccc3)nc2OCc2ccccc2)c2cccc(N3CC(O)C3)c21. The molecule has 0 unspecified atom stereocenters. The number of ether oxygens (including phenoxy) is 2. The van der Waals surface area contributed by atoms with E-state index >= 15 is 0 Å². The number of aliphatic hydroxyl groups excluding tert-OH is 1. The zero-order valence-corrected chi connectivity index (χ0v) is 20.6. The molecule has 3 aromatic carbocycles. The van der Waals surface area contributed by atoms with Gasteiger partial charge in [-0.1, -0.05) is 72.8 Å². The van der Waals surface area contributed by atoms with E-state index in [9.17, 15) is 5.11 Å². The summed E-state index contributed by atoms with van der Waals surface area (Å²) in [6, 6.07) is 30.0. The molecule has 1 saturated heterocycles. The normalized spacial score (nSPS) is 13.5. The van der Waals surface area contributed by atoms with Crippen LogP contribution in [0.3, 0.4) is 0 Å². The molecule has 0 atom stereocenters. The molecule has 5 aromatic rings. The van der Waals surface area contributed by atoms with E-state index < -0.39 is 0 Å². The third kappa shape index (κ3) is 4.73. The fraction of sp³-hybridized carbons (Fsp3) is 0.200. The maximum atomic E-state index is 9.84. The summed E-state index contributed by atoms with van der Waals surface area (Å²) in [6.45, 7) is 2.05. The molecule has 37 heavy (non-hydrogen) atoms. The Labute approximate surface area is 215 Å². The number of rotatable bonds is 8. The molecule has 3 heterocycles. The van der Waals surface area contributed by atoms with Crippen molar-refractivity contribution < 1.29 is 14.6 Å². The number of aliphatic hydroxyl groups is 1. The minimum absolute atomic E-state index is 0.284. The first-order chi connectivity index (χ1) is 18.2. The highest BCUT2D eigenvalue weighted by Gasteiger charge is 2.28. The molecule has 6 rings (SSSR count). The molecule has 0 saturated carbocycles. The van der Waals surface area contributed by atoms with Gasteiger partial charge < -0.3 is 19.5 Å². The Morgan fingerprint density at radius 1 is 0.811 bits per heavy atom. The van der Waals surface area contributed by atoms with Crippen molar-refractivity contribution in [3.63, 3.8) is 0 Å². The minimum Gasteiger partial charge on any atom is -0.473 e. The topological polar surface area (TPSA) is 72.6 Å². The first-order valence-corrected chi connectivity index (χ1v) is 12.4. The molecule has 7 nitrogen and oxygen atoms in total. The summed E-state index contributed by atoms with van der Waals surface area (Å²) in [5.41, 5.74) is 5.80. The van der Waals surface area contributed by atoms with Crippen LogP contribution >= 0.6 is 0 Å². The highest BCUT2D eigenvalue weighted by molar-refractivity contribution is 6.01. The van der Waals surface area contributed by atoms with E-state index in [4.69, 9.17) is 19.6 Å². The van der Waals surface area contributed by atoms with Gasteiger partial charge in [0.1, 0.15) is 18.9 Å². The van der Waals surface area contributed by atoms with Crippen LogP contribution in [0.15, 0.2) is 91.0 Å². The second kappa shape index (κ2) is 9.95. The van der Waals surface area contributed by atoms with Crippen LogP contribution in [0.2, 0.25) is 0 Å². The Balaban J connectivity index is 1.37. The summed E-state index contributed by atoms with van der Waals surface area (Å²) in [5.74, 6) is 0.963. The minimum atomic E-state index is -0.284. The second-order valence-corrected chi connectivity index (χ2v) is 9.26. The van der Waals surface area contributed by atoms with Crippen LogP contribution in [0, 0.1) is 0 Å². The Kier molecular flexibility index (Phi) is 6.20. The van der Waals surface area contributed by atoms with E-state index in [-0.39, 0.29) is 6.10 Å². The maximum absolute atomic E-state index is 9.84. The van der Waals surface area contributed by atoms with Crippen molar-refractivity contribution in [1.82, 2.24) is 14.8 Å². The molecule has 0 radical (unpaired) electrons. The van der Waals surface area contributed by atoms with E-state index in [2.05, 4.69) is 17.0 Å². The van der Waals surface area contributed by atoms with Gasteiger partial charge in [-0.25, -0.2) is 0 Å². The highest BCUT2D eigenvalue weighted by atomic mass is 16.5. The first kappa shape index (κ1) is 23.1. The highest BCUT2D eigenvalue weighted by Crippen LogP contribution is 2.38. The average Bonchev–Trinajstić information content (AvgIpc) is 3.26. The third-order valence-electron chi connectivity index (χ3n) is 6.58. The summed E-state index contributed by atoms with van der Waals surface area (Å²) in [6.07, 6.45) is -0.284. The van der Waals surface area contributed by atoms with Gasteiger partial charge in [0.25, 0.3) is 0 Å². The molecule has 0 amide bonds. The van der Waals surface area contributed by atoms with Gasteiger partial charge in [-0.05, 0) is 23.3 Å². The predicted octanol–water partition coefficient (Wildman–Crippen LogP) is 4.97. The van der Waals surface area contributed by atoms with E-state index in [1.54, 1.807) is 0 Å². The quantitative estimate of drug-likeness (QED) is 0.330. The van der Waals surface area contributed by atoms with Crippen LogP contribution in [-0.2, 0) is 20.3 Å². The largest absolute Gasteiger partial charge is 0.473 e. The molecule has 1 aliphatic heterocycles. The standard InChI is InChI=1S/C30H28N4O3/c1-33-29-24(13-8-14-26(29)34-17-23(35)18-34)28(32-33)25-15-16-27(36-19-21-9-4-2-5-10-21)31-30(25)37-20-22-11-6-3-7-12-22/h2-16,23,35H,17-20H2,1H3. The molecule has 0 spiro atoms. The lowest BCUT2D eigenvalue weighted by Gasteiger charge is -2.38. The van der Waals surface area contributed by atoms with Crippen LogP contribution in [0.25, 0.3) is 22.2 Å². The molecule has 0 aliphatic carbocycles. The summed E-state index contributed by atoms with van der Waals surface area (Å²) in [4.78, 5) is 6.92. The zero-order valence-electron chi connectivity index (χ0n) is 20.6. The Morgan fingerprint density at radius 3 is 2.16 bits per heavy atom. The van der Waals surface area contributed by atoms with Crippen LogP contribution in [0.5, 0.6) is 11.8 Å². The monoisotopic (exact) mass is 492 g/mol. The van der Waals surface area contributed by atoms with Crippen LogP contribution < -0.4 is 14.4 Å². The molecule has 0 bridgehead atoms. The van der Waals surface area contributed by atoms with Gasteiger partial charge in [0, 0.05) is 31.6 Å². The molecular formula is C30H28N4O3.